The Bertz CT molecular complexity index is 292. The highest BCUT2D eigenvalue weighted by atomic mass is 19.3. The third-order valence-electron chi connectivity index (χ3n) is 4.53. The van der Waals surface area contributed by atoms with Crippen LogP contribution in [0.1, 0.15) is 62.3 Å². The Kier molecular flexibility index (Phi) is 14.8. The fourth-order valence-electron chi connectivity index (χ4n) is 3.45. The molecule has 0 saturated carbocycles. The summed E-state index contributed by atoms with van der Waals surface area (Å²) < 4.78 is 56.1. The molecule has 1 atom stereocenters. The molecule has 0 fully saturated rings. The van der Waals surface area contributed by atoms with Gasteiger partial charge in [-0.05, 0) is 42.4 Å². The van der Waals surface area contributed by atoms with Gasteiger partial charge in [0.05, 0.1) is 12.7 Å². The number of ether oxygens (including phenoxy) is 2. The van der Waals surface area contributed by atoms with Gasteiger partial charge < -0.3 is 9.47 Å². The molecular weight excluding hydrogens is 336 g/mol. The van der Waals surface area contributed by atoms with Crippen molar-refractivity contribution in [2.45, 2.75) is 81.6 Å². The second-order valence-electron chi connectivity index (χ2n) is 7.91. The van der Waals surface area contributed by atoms with Crippen LogP contribution < -0.4 is 0 Å². The summed E-state index contributed by atoms with van der Waals surface area (Å²) in [4.78, 5) is 0. The predicted molar refractivity (Wildman–Crippen MR) is 94.8 cm³/mol. The molecule has 0 rings (SSSR count). The van der Waals surface area contributed by atoms with E-state index in [1.807, 2.05) is 55.4 Å². The molecule has 0 bridgehead atoms. The van der Waals surface area contributed by atoms with Crippen LogP contribution in [-0.2, 0) is 9.47 Å². The molecule has 0 heterocycles. The van der Waals surface area contributed by atoms with Gasteiger partial charge in [-0.15, -0.1) is 0 Å². The zero-order valence-electron chi connectivity index (χ0n) is 17.2. The first-order chi connectivity index (χ1) is 11.3. The SMILES string of the molecule is CC(C)C(C(C)C)C(C)OC(F)F.CC(C)C(COC(F)F)C(C)C. The lowest BCUT2D eigenvalue weighted by molar-refractivity contribution is -0.179. The fraction of sp³-hybridized carbons (Fsp3) is 1.00. The maximum absolute atomic E-state index is 12.0. The van der Waals surface area contributed by atoms with Gasteiger partial charge in [0.15, 0.2) is 0 Å². The summed E-state index contributed by atoms with van der Waals surface area (Å²) in [6.45, 7) is 12.8. The number of halogens is 4. The van der Waals surface area contributed by atoms with Crippen molar-refractivity contribution >= 4 is 0 Å². The van der Waals surface area contributed by atoms with E-state index < -0.39 is 13.2 Å². The predicted octanol–water partition coefficient (Wildman–Crippen LogP) is 6.70. The Balaban J connectivity index is 0. The Morgan fingerprint density at radius 3 is 1.24 bits per heavy atom. The summed E-state index contributed by atoms with van der Waals surface area (Å²) in [5, 5.41) is 0. The number of hydrogen-bond donors (Lipinski definition) is 0. The molecule has 0 aromatic rings. The molecule has 154 valence electrons. The van der Waals surface area contributed by atoms with Crippen LogP contribution >= 0.6 is 0 Å². The van der Waals surface area contributed by atoms with E-state index in [0.29, 0.717) is 23.7 Å². The van der Waals surface area contributed by atoms with E-state index in [4.69, 9.17) is 0 Å². The van der Waals surface area contributed by atoms with E-state index in [0.717, 1.165) is 0 Å². The molecule has 0 spiro atoms. The monoisotopic (exact) mass is 374 g/mol. The number of hydrogen-bond acceptors (Lipinski definition) is 2. The zero-order chi connectivity index (χ0) is 20.3. The molecular formula is C19H38F4O2. The van der Waals surface area contributed by atoms with Crippen molar-refractivity contribution in [1.29, 1.82) is 0 Å². The third kappa shape index (κ3) is 13.5. The van der Waals surface area contributed by atoms with Crippen molar-refractivity contribution in [1.82, 2.24) is 0 Å². The highest BCUT2D eigenvalue weighted by Crippen LogP contribution is 2.27. The molecule has 0 aliphatic heterocycles. The average molecular weight is 375 g/mol. The van der Waals surface area contributed by atoms with Crippen molar-refractivity contribution in [3.8, 4) is 0 Å². The van der Waals surface area contributed by atoms with Crippen LogP contribution in [0.15, 0.2) is 0 Å². The van der Waals surface area contributed by atoms with Gasteiger partial charge in [-0.1, -0.05) is 55.4 Å². The maximum atomic E-state index is 12.0. The summed E-state index contributed by atoms with van der Waals surface area (Å²) >= 11 is 0. The molecule has 0 aromatic heterocycles. The molecule has 0 aromatic carbocycles. The molecule has 1 unspecified atom stereocenters. The quantitative estimate of drug-likeness (QED) is 0.396. The Morgan fingerprint density at radius 2 is 1.00 bits per heavy atom. The van der Waals surface area contributed by atoms with Gasteiger partial charge in [-0.25, -0.2) is 0 Å². The summed E-state index contributed by atoms with van der Waals surface area (Å²) in [5.74, 6) is 1.93. The van der Waals surface area contributed by atoms with E-state index in [9.17, 15) is 17.6 Å². The molecule has 6 heteroatoms. The third-order valence-corrected chi connectivity index (χ3v) is 4.53. The molecule has 2 nitrogen and oxygen atoms in total. The fourth-order valence-corrected chi connectivity index (χ4v) is 3.45. The van der Waals surface area contributed by atoms with Crippen LogP contribution in [0.3, 0.4) is 0 Å². The second kappa shape index (κ2) is 13.8. The van der Waals surface area contributed by atoms with Gasteiger partial charge in [0, 0.05) is 0 Å². The normalized spacial score (nSPS) is 13.8. The van der Waals surface area contributed by atoms with Crippen molar-refractivity contribution in [2.75, 3.05) is 6.61 Å². The van der Waals surface area contributed by atoms with E-state index in [1.54, 1.807) is 6.92 Å². The molecule has 0 amide bonds. The van der Waals surface area contributed by atoms with Gasteiger partial charge in [-0.2, -0.15) is 17.6 Å². The first kappa shape index (κ1) is 26.9. The molecule has 0 saturated heterocycles. The lowest BCUT2D eigenvalue weighted by Crippen LogP contribution is -2.31. The Hall–Kier alpha value is -0.360. The first-order valence-electron chi connectivity index (χ1n) is 9.14. The molecule has 0 aliphatic rings. The molecule has 0 N–H and O–H groups in total. The molecule has 0 radical (unpaired) electrons. The number of rotatable bonds is 10. The van der Waals surface area contributed by atoms with Gasteiger partial charge in [0.1, 0.15) is 0 Å². The first-order valence-corrected chi connectivity index (χ1v) is 9.14. The van der Waals surface area contributed by atoms with Crippen LogP contribution in [0.4, 0.5) is 17.6 Å². The lowest BCUT2D eigenvalue weighted by Gasteiger charge is -2.30. The van der Waals surface area contributed by atoms with Gasteiger partial charge in [0.25, 0.3) is 0 Å². The molecule has 0 aliphatic carbocycles. The Labute approximate surface area is 151 Å². The van der Waals surface area contributed by atoms with Crippen molar-refractivity contribution in [2.24, 2.45) is 35.5 Å². The summed E-state index contributed by atoms with van der Waals surface area (Å²) in [7, 11) is 0. The minimum absolute atomic E-state index is 0.160. The highest BCUT2D eigenvalue weighted by molar-refractivity contribution is 4.72. The van der Waals surface area contributed by atoms with Crippen molar-refractivity contribution < 1.29 is 27.0 Å². The summed E-state index contributed by atoms with van der Waals surface area (Å²) in [6.07, 6.45) is -0.375. The van der Waals surface area contributed by atoms with E-state index in [1.165, 1.54) is 0 Å². The standard InChI is InChI=1S/C10H20F2O.C9H18F2O/c1-6(2)9(7(3)4)8(5)13-10(11)12;1-6(2)8(7(3)4)5-12-9(10)11/h6-10H,1-5H3;6-9H,5H2,1-4H3. The van der Waals surface area contributed by atoms with Crippen LogP contribution in [0.2, 0.25) is 0 Å². The van der Waals surface area contributed by atoms with Crippen molar-refractivity contribution in [3.05, 3.63) is 0 Å². The minimum Gasteiger partial charge on any atom is -0.323 e. The average Bonchev–Trinajstić information content (AvgIpc) is 2.35. The van der Waals surface area contributed by atoms with E-state index in [2.05, 4.69) is 9.47 Å². The van der Waals surface area contributed by atoms with Crippen molar-refractivity contribution in [3.63, 3.8) is 0 Å². The summed E-state index contributed by atoms with van der Waals surface area (Å²) in [5.41, 5.74) is 0. The van der Waals surface area contributed by atoms with Gasteiger partial charge >= 0.3 is 13.2 Å². The maximum Gasteiger partial charge on any atom is 0.345 e. The summed E-state index contributed by atoms with van der Waals surface area (Å²) in [6, 6.07) is 0. The van der Waals surface area contributed by atoms with Crippen LogP contribution in [0.25, 0.3) is 0 Å². The van der Waals surface area contributed by atoms with Crippen LogP contribution in [-0.4, -0.2) is 25.9 Å². The van der Waals surface area contributed by atoms with E-state index >= 15 is 0 Å². The van der Waals surface area contributed by atoms with Gasteiger partial charge in [0.2, 0.25) is 0 Å². The zero-order valence-corrected chi connectivity index (χ0v) is 17.2. The largest absolute Gasteiger partial charge is 0.345 e. The lowest BCUT2D eigenvalue weighted by atomic mass is 9.82. The minimum atomic E-state index is -2.66. The molecule has 25 heavy (non-hydrogen) atoms. The topological polar surface area (TPSA) is 18.5 Å². The number of alkyl halides is 4. The second-order valence-corrected chi connectivity index (χ2v) is 7.91. The Morgan fingerprint density at radius 1 is 0.600 bits per heavy atom. The smallest absolute Gasteiger partial charge is 0.323 e. The highest BCUT2D eigenvalue weighted by Gasteiger charge is 2.26. The van der Waals surface area contributed by atoms with E-state index in [-0.39, 0.29) is 24.5 Å². The van der Waals surface area contributed by atoms with Crippen LogP contribution in [0.5, 0.6) is 0 Å². The van der Waals surface area contributed by atoms with Crippen LogP contribution in [0, 0.1) is 35.5 Å². The van der Waals surface area contributed by atoms with Gasteiger partial charge in [-0.3, -0.25) is 0 Å².